The van der Waals surface area contributed by atoms with Crippen molar-refractivity contribution in [1.29, 1.82) is 0 Å². The molecule has 8 heteroatoms. The molecule has 1 aliphatic heterocycles. The van der Waals surface area contributed by atoms with Crippen molar-refractivity contribution < 1.29 is 18.3 Å². The normalized spacial score (nSPS) is 17.0. The average Bonchev–Trinajstić information content (AvgIpc) is 2.36. The molecule has 2 N–H and O–H groups in total. The Morgan fingerprint density at radius 3 is 2.29 bits per heavy atom. The van der Waals surface area contributed by atoms with E-state index in [9.17, 15) is 18.3 Å². The molecule has 1 aliphatic rings. The first-order valence-corrected chi connectivity index (χ1v) is 6.22. The minimum atomic E-state index is -2.68. The summed E-state index contributed by atoms with van der Waals surface area (Å²) in [6, 6.07) is 1.30. The molecule has 0 aromatic heterocycles. The van der Waals surface area contributed by atoms with Crippen LogP contribution in [0.25, 0.3) is 0 Å². The molecule has 1 atom stereocenters. The van der Waals surface area contributed by atoms with E-state index in [-0.39, 0.29) is 30.4 Å². The highest BCUT2D eigenvalue weighted by molar-refractivity contribution is 5.85. The highest BCUT2D eigenvalue weighted by Gasteiger charge is 2.33. The quantitative estimate of drug-likeness (QED) is 0.883. The Morgan fingerprint density at radius 1 is 1.19 bits per heavy atom. The molecule has 2 rings (SSSR count). The van der Waals surface area contributed by atoms with E-state index in [1.165, 1.54) is 6.07 Å². The van der Waals surface area contributed by atoms with Crippen molar-refractivity contribution >= 4 is 24.8 Å². The molecule has 0 radical (unpaired) electrons. The van der Waals surface area contributed by atoms with Crippen LogP contribution >= 0.6 is 24.8 Å². The molecule has 1 heterocycles. The maximum Gasteiger partial charge on any atom is 0.258 e. The topological polar surface area (TPSA) is 35.5 Å². The molecule has 21 heavy (non-hydrogen) atoms. The van der Waals surface area contributed by atoms with Gasteiger partial charge < -0.3 is 10.4 Å². The predicted octanol–water partition coefficient (Wildman–Crippen LogP) is 2.89. The lowest BCUT2D eigenvalue weighted by atomic mass is 10.0. The summed E-state index contributed by atoms with van der Waals surface area (Å²) in [5.41, 5.74) is 0.487. The van der Waals surface area contributed by atoms with E-state index >= 15 is 0 Å². The number of alkyl halides is 2. The number of nitrogens with one attached hydrogen (secondary N) is 1. The summed E-state index contributed by atoms with van der Waals surface area (Å²) in [7, 11) is 0. The van der Waals surface area contributed by atoms with E-state index in [4.69, 9.17) is 0 Å². The van der Waals surface area contributed by atoms with Gasteiger partial charge >= 0.3 is 0 Å². The third kappa shape index (κ3) is 4.64. The second kappa shape index (κ2) is 8.68. The lowest BCUT2D eigenvalue weighted by Gasteiger charge is -2.35. The molecule has 1 saturated heterocycles. The number of nitrogens with zero attached hydrogens (tertiary/aromatic N) is 1. The number of rotatable bonds is 3. The predicted molar refractivity (Wildman–Crippen MR) is 80.5 cm³/mol. The Balaban J connectivity index is 0.00000200. The van der Waals surface area contributed by atoms with Gasteiger partial charge in [0.05, 0.1) is 0 Å². The summed E-state index contributed by atoms with van der Waals surface area (Å²) >= 11 is 0. The summed E-state index contributed by atoms with van der Waals surface area (Å²) in [5.74, 6) is -1.52. The highest BCUT2D eigenvalue weighted by atomic mass is 35.5. The van der Waals surface area contributed by atoms with Crippen LogP contribution < -0.4 is 5.32 Å². The smallest absolute Gasteiger partial charge is 0.258 e. The van der Waals surface area contributed by atoms with Crippen molar-refractivity contribution in [2.45, 2.75) is 19.4 Å². The van der Waals surface area contributed by atoms with E-state index in [1.807, 2.05) is 0 Å². The Labute approximate surface area is 134 Å². The van der Waals surface area contributed by atoms with E-state index in [1.54, 1.807) is 11.8 Å². The Morgan fingerprint density at radius 2 is 1.76 bits per heavy atom. The minimum absolute atomic E-state index is 0. The van der Waals surface area contributed by atoms with E-state index in [0.717, 1.165) is 6.07 Å². The number of phenols is 1. The van der Waals surface area contributed by atoms with Crippen LogP contribution in [0, 0.1) is 12.7 Å². The van der Waals surface area contributed by atoms with Crippen LogP contribution in [0.15, 0.2) is 12.1 Å². The Kier molecular flexibility index (Phi) is 8.39. The maximum atomic E-state index is 13.5. The highest BCUT2D eigenvalue weighted by Crippen LogP contribution is 2.35. The van der Waals surface area contributed by atoms with Crippen molar-refractivity contribution in [3.05, 3.63) is 29.1 Å². The van der Waals surface area contributed by atoms with Gasteiger partial charge in [-0.25, -0.2) is 13.2 Å². The van der Waals surface area contributed by atoms with Crippen molar-refractivity contribution in [3.8, 4) is 5.75 Å². The van der Waals surface area contributed by atoms with Gasteiger partial charge in [-0.15, -0.1) is 24.8 Å². The SMILES string of the molecule is Cc1cc(F)c(O)c([C@H](C(F)F)N2CCNCC2)c1.Cl.Cl. The zero-order chi connectivity index (χ0) is 14.0. The summed E-state index contributed by atoms with van der Waals surface area (Å²) < 4.78 is 40.1. The van der Waals surface area contributed by atoms with E-state index in [0.29, 0.717) is 31.7 Å². The van der Waals surface area contributed by atoms with Gasteiger partial charge in [0.25, 0.3) is 6.43 Å². The fourth-order valence-corrected chi connectivity index (χ4v) is 2.44. The van der Waals surface area contributed by atoms with Crippen LogP contribution in [-0.2, 0) is 0 Å². The van der Waals surface area contributed by atoms with Crippen molar-refractivity contribution in [2.24, 2.45) is 0 Å². The first kappa shape index (κ1) is 20.3. The largest absolute Gasteiger partial charge is 0.505 e. The van der Waals surface area contributed by atoms with Gasteiger partial charge in [0.2, 0.25) is 0 Å². The van der Waals surface area contributed by atoms with Crippen LogP contribution in [0.1, 0.15) is 17.2 Å². The molecule has 0 spiro atoms. The summed E-state index contributed by atoms with van der Waals surface area (Å²) in [4.78, 5) is 1.58. The number of piperazine rings is 1. The molecule has 0 saturated carbocycles. The number of hydrogen-bond donors (Lipinski definition) is 2. The minimum Gasteiger partial charge on any atom is -0.505 e. The van der Waals surface area contributed by atoms with Crippen molar-refractivity contribution in [3.63, 3.8) is 0 Å². The van der Waals surface area contributed by atoms with Crippen LogP contribution in [0.3, 0.4) is 0 Å². The lowest BCUT2D eigenvalue weighted by Crippen LogP contribution is -2.47. The summed E-state index contributed by atoms with van der Waals surface area (Å²) in [5, 5.41) is 12.8. The van der Waals surface area contributed by atoms with Gasteiger partial charge in [-0.1, -0.05) is 6.07 Å². The molecular formula is C13H19Cl2F3N2O. The van der Waals surface area contributed by atoms with Gasteiger partial charge in [-0.3, -0.25) is 4.90 Å². The first-order chi connectivity index (χ1) is 9.00. The Hall–Kier alpha value is -0.690. The van der Waals surface area contributed by atoms with Gasteiger partial charge in [0.15, 0.2) is 11.6 Å². The van der Waals surface area contributed by atoms with Gasteiger partial charge in [0.1, 0.15) is 6.04 Å². The summed E-state index contributed by atoms with van der Waals surface area (Å²) in [6.07, 6.45) is -2.68. The number of aryl methyl sites for hydroxylation is 1. The number of halogens is 5. The van der Waals surface area contributed by atoms with Gasteiger partial charge in [0, 0.05) is 31.7 Å². The van der Waals surface area contributed by atoms with Crippen LogP contribution in [0.5, 0.6) is 5.75 Å². The molecule has 122 valence electrons. The first-order valence-electron chi connectivity index (χ1n) is 6.22. The third-order valence-corrected chi connectivity index (χ3v) is 3.34. The number of benzene rings is 1. The molecule has 1 aromatic carbocycles. The zero-order valence-corrected chi connectivity index (χ0v) is 13.1. The second-order valence-electron chi connectivity index (χ2n) is 4.75. The molecule has 1 aromatic rings. The fourth-order valence-electron chi connectivity index (χ4n) is 2.44. The monoisotopic (exact) mass is 346 g/mol. The molecule has 1 fully saturated rings. The van der Waals surface area contributed by atoms with Gasteiger partial charge in [-0.05, 0) is 18.6 Å². The standard InChI is InChI=1S/C13H17F3N2O.2ClH/c1-8-6-9(12(19)10(14)7-8)11(13(15)16)18-4-2-17-3-5-18;;/h6-7,11,13,17,19H,2-5H2,1H3;2*1H/t11-;;/m1../s1. The van der Waals surface area contributed by atoms with E-state index < -0.39 is 24.0 Å². The van der Waals surface area contributed by atoms with Crippen LogP contribution in [-0.4, -0.2) is 42.6 Å². The van der Waals surface area contributed by atoms with Crippen molar-refractivity contribution in [1.82, 2.24) is 10.2 Å². The second-order valence-corrected chi connectivity index (χ2v) is 4.75. The van der Waals surface area contributed by atoms with Crippen LogP contribution in [0.4, 0.5) is 13.2 Å². The molecule has 0 aliphatic carbocycles. The third-order valence-electron chi connectivity index (χ3n) is 3.34. The van der Waals surface area contributed by atoms with E-state index in [2.05, 4.69) is 5.32 Å². The summed E-state index contributed by atoms with van der Waals surface area (Å²) in [6.45, 7) is 3.73. The van der Waals surface area contributed by atoms with Crippen molar-refractivity contribution in [2.75, 3.05) is 26.2 Å². The number of hydrogen-bond acceptors (Lipinski definition) is 3. The molecule has 0 amide bonds. The Bertz CT molecular complexity index is 457. The average molecular weight is 347 g/mol. The van der Waals surface area contributed by atoms with Gasteiger partial charge in [-0.2, -0.15) is 0 Å². The number of phenolic OH excluding ortho intramolecular Hbond substituents is 1. The molecule has 3 nitrogen and oxygen atoms in total. The lowest BCUT2D eigenvalue weighted by molar-refractivity contribution is 0.0168. The molecule has 0 unspecified atom stereocenters. The maximum absolute atomic E-state index is 13.5. The fraction of sp³-hybridized carbons (Fsp3) is 0.538. The molecular weight excluding hydrogens is 328 g/mol. The zero-order valence-electron chi connectivity index (χ0n) is 11.5. The molecule has 0 bridgehead atoms. The number of aromatic hydroxyl groups is 1. The van der Waals surface area contributed by atoms with Crippen LogP contribution in [0.2, 0.25) is 0 Å².